The summed E-state index contributed by atoms with van der Waals surface area (Å²) in [4.78, 5) is 0. The number of nitriles is 1. The third-order valence-electron chi connectivity index (χ3n) is 3.02. The lowest BCUT2D eigenvalue weighted by Gasteiger charge is -2.18. The number of nitrogens with two attached hydrogens (primary N) is 1. The van der Waals surface area contributed by atoms with Crippen LogP contribution in [0.15, 0.2) is 42.5 Å². The van der Waals surface area contributed by atoms with E-state index in [1.165, 1.54) is 12.1 Å². The van der Waals surface area contributed by atoms with Gasteiger partial charge in [-0.3, -0.25) is 0 Å². The van der Waals surface area contributed by atoms with Crippen molar-refractivity contribution in [3.05, 3.63) is 59.4 Å². The van der Waals surface area contributed by atoms with Gasteiger partial charge in [0.15, 0.2) is 0 Å². The number of nitrogens with zero attached hydrogens (tertiary/aromatic N) is 1. The summed E-state index contributed by atoms with van der Waals surface area (Å²) in [6.07, 6.45) is -0.424. The Morgan fingerprint density at radius 2 is 2.05 bits per heavy atom. The van der Waals surface area contributed by atoms with Crippen LogP contribution in [0.3, 0.4) is 0 Å². The molecule has 1 atom stereocenters. The zero-order valence-corrected chi connectivity index (χ0v) is 11.5. The quantitative estimate of drug-likeness (QED) is 0.917. The highest BCUT2D eigenvalue weighted by Gasteiger charge is 2.13. The molecule has 4 nitrogen and oxygen atoms in total. The third kappa shape index (κ3) is 3.50. The Labute approximate surface area is 122 Å². The van der Waals surface area contributed by atoms with E-state index in [1.54, 1.807) is 19.2 Å². The molecule has 21 heavy (non-hydrogen) atoms. The smallest absolute Gasteiger partial charge is 0.144 e. The van der Waals surface area contributed by atoms with Gasteiger partial charge >= 0.3 is 0 Å². The van der Waals surface area contributed by atoms with E-state index in [-0.39, 0.29) is 12.1 Å². The van der Waals surface area contributed by atoms with Crippen molar-refractivity contribution in [2.75, 3.05) is 13.7 Å². The van der Waals surface area contributed by atoms with E-state index in [0.717, 1.165) is 5.56 Å². The SMILES string of the molecule is COc1cccc(C(CN)Oc2ccc(C#N)c(F)c2)c1. The second-order valence-electron chi connectivity index (χ2n) is 4.37. The molecular formula is C16H15FN2O2. The number of rotatable bonds is 5. The summed E-state index contributed by atoms with van der Waals surface area (Å²) < 4.78 is 24.4. The van der Waals surface area contributed by atoms with Crippen LogP contribution >= 0.6 is 0 Å². The summed E-state index contributed by atoms with van der Waals surface area (Å²) in [5, 5.41) is 8.71. The third-order valence-corrected chi connectivity index (χ3v) is 3.02. The first-order valence-electron chi connectivity index (χ1n) is 6.38. The Bertz CT molecular complexity index is 668. The van der Waals surface area contributed by atoms with Crippen molar-refractivity contribution in [2.45, 2.75) is 6.10 Å². The Kier molecular flexibility index (Phi) is 4.75. The predicted octanol–water partition coefficient (Wildman–Crippen LogP) is 2.78. The van der Waals surface area contributed by atoms with Crippen molar-refractivity contribution in [3.63, 3.8) is 0 Å². The molecule has 0 spiro atoms. The van der Waals surface area contributed by atoms with E-state index in [2.05, 4.69) is 0 Å². The Morgan fingerprint density at radius 1 is 1.24 bits per heavy atom. The van der Waals surface area contributed by atoms with E-state index in [1.807, 2.05) is 24.3 Å². The molecular weight excluding hydrogens is 271 g/mol. The number of hydrogen-bond donors (Lipinski definition) is 1. The van der Waals surface area contributed by atoms with Gasteiger partial charge < -0.3 is 15.2 Å². The molecule has 0 bridgehead atoms. The molecule has 108 valence electrons. The summed E-state index contributed by atoms with van der Waals surface area (Å²) in [6.45, 7) is 0.231. The van der Waals surface area contributed by atoms with Gasteiger partial charge in [0.05, 0.1) is 12.7 Å². The van der Waals surface area contributed by atoms with E-state index >= 15 is 0 Å². The van der Waals surface area contributed by atoms with Gasteiger partial charge in [0, 0.05) is 12.6 Å². The van der Waals surface area contributed by atoms with Crippen molar-refractivity contribution < 1.29 is 13.9 Å². The number of hydrogen-bond acceptors (Lipinski definition) is 4. The fourth-order valence-electron chi connectivity index (χ4n) is 1.92. The summed E-state index contributed by atoms with van der Waals surface area (Å²) in [5.41, 5.74) is 6.54. The van der Waals surface area contributed by atoms with Gasteiger partial charge in [-0.25, -0.2) is 4.39 Å². The molecule has 0 aliphatic heterocycles. The number of methoxy groups -OCH3 is 1. The lowest BCUT2D eigenvalue weighted by Crippen LogP contribution is -2.18. The van der Waals surface area contributed by atoms with Crippen LogP contribution in [0, 0.1) is 17.1 Å². The summed E-state index contributed by atoms with van der Waals surface area (Å²) in [5.74, 6) is 0.404. The second-order valence-corrected chi connectivity index (χ2v) is 4.37. The van der Waals surface area contributed by atoms with Crippen LogP contribution in [0.4, 0.5) is 4.39 Å². The number of halogens is 1. The molecule has 2 aromatic rings. The Balaban J connectivity index is 2.22. The van der Waals surface area contributed by atoms with Crippen molar-refractivity contribution >= 4 is 0 Å². The molecule has 2 N–H and O–H groups in total. The molecule has 0 saturated carbocycles. The molecule has 0 amide bonds. The van der Waals surface area contributed by atoms with Crippen LogP contribution in [-0.2, 0) is 0 Å². The lowest BCUT2D eigenvalue weighted by atomic mass is 10.1. The highest BCUT2D eigenvalue weighted by atomic mass is 19.1. The summed E-state index contributed by atoms with van der Waals surface area (Å²) in [6, 6.07) is 13.2. The van der Waals surface area contributed by atoms with Crippen molar-refractivity contribution in [1.82, 2.24) is 0 Å². The predicted molar refractivity (Wildman–Crippen MR) is 76.5 cm³/mol. The lowest BCUT2D eigenvalue weighted by molar-refractivity contribution is 0.213. The van der Waals surface area contributed by atoms with Crippen molar-refractivity contribution in [2.24, 2.45) is 5.73 Å². The van der Waals surface area contributed by atoms with Crippen LogP contribution in [0.1, 0.15) is 17.2 Å². The molecule has 2 rings (SSSR count). The van der Waals surface area contributed by atoms with E-state index in [4.69, 9.17) is 20.5 Å². The molecule has 0 heterocycles. The average Bonchev–Trinajstić information content (AvgIpc) is 2.52. The standard InChI is InChI=1S/C16H15FN2O2/c1-20-13-4-2-3-11(7-13)16(10-19)21-14-6-5-12(9-18)15(17)8-14/h2-8,16H,10,19H2,1H3. The zero-order chi connectivity index (χ0) is 15.2. The topological polar surface area (TPSA) is 68.3 Å². The summed E-state index contributed by atoms with van der Waals surface area (Å²) >= 11 is 0. The summed E-state index contributed by atoms with van der Waals surface area (Å²) in [7, 11) is 1.58. The van der Waals surface area contributed by atoms with Crippen LogP contribution in [0.2, 0.25) is 0 Å². The molecule has 0 aromatic heterocycles. The zero-order valence-electron chi connectivity index (χ0n) is 11.5. The molecule has 0 aliphatic rings. The van der Waals surface area contributed by atoms with Gasteiger partial charge in [-0.2, -0.15) is 5.26 Å². The number of ether oxygens (including phenoxy) is 2. The molecule has 0 aliphatic carbocycles. The molecule has 5 heteroatoms. The first-order valence-corrected chi connectivity index (χ1v) is 6.38. The van der Waals surface area contributed by atoms with E-state index in [9.17, 15) is 4.39 Å². The fraction of sp³-hybridized carbons (Fsp3) is 0.188. The largest absolute Gasteiger partial charge is 0.497 e. The first-order chi connectivity index (χ1) is 10.2. The Morgan fingerprint density at radius 3 is 2.67 bits per heavy atom. The Hall–Kier alpha value is -2.58. The van der Waals surface area contributed by atoms with Crippen LogP contribution in [-0.4, -0.2) is 13.7 Å². The van der Waals surface area contributed by atoms with Crippen LogP contribution < -0.4 is 15.2 Å². The minimum Gasteiger partial charge on any atom is -0.497 e. The van der Waals surface area contributed by atoms with Gasteiger partial charge in [-0.1, -0.05) is 12.1 Å². The molecule has 0 saturated heterocycles. The first kappa shape index (κ1) is 14.8. The number of benzene rings is 2. The van der Waals surface area contributed by atoms with Gasteiger partial charge in [-0.05, 0) is 29.8 Å². The second kappa shape index (κ2) is 6.73. The maximum atomic E-state index is 13.6. The minimum atomic E-state index is -0.614. The van der Waals surface area contributed by atoms with Crippen molar-refractivity contribution in [1.29, 1.82) is 5.26 Å². The van der Waals surface area contributed by atoms with Gasteiger partial charge in [0.1, 0.15) is 29.5 Å². The normalized spacial score (nSPS) is 11.5. The fourth-order valence-corrected chi connectivity index (χ4v) is 1.92. The van der Waals surface area contributed by atoms with Gasteiger partial charge in [-0.15, -0.1) is 0 Å². The monoisotopic (exact) mass is 286 g/mol. The maximum absolute atomic E-state index is 13.6. The van der Waals surface area contributed by atoms with E-state index in [0.29, 0.717) is 11.5 Å². The van der Waals surface area contributed by atoms with Crippen molar-refractivity contribution in [3.8, 4) is 17.6 Å². The van der Waals surface area contributed by atoms with Gasteiger partial charge in [0.25, 0.3) is 0 Å². The molecule has 1 unspecified atom stereocenters. The average molecular weight is 286 g/mol. The molecule has 0 fully saturated rings. The maximum Gasteiger partial charge on any atom is 0.144 e. The molecule has 2 aromatic carbocycles. The van der Waals surface area contributed by atoms with E-state index < -0.39 is 11.9 Å². The van der Waals surface area contributed by atoms with Crippen LogP contribution in [0.5, 0.6) is 11.5 Å². The highest BCUT2D eigenvalue weighted by molar-refractivity contribution is 5.37. The van der Waals surface area contributed by atoms with Gasteiger partial charge in [0.2, 0.25) is 0 Å². The van der Waals surface area contributed by atoms with Crippen LogP contribution in [0.25, 0.3) is 0 Å². The highest BCUT2D eigenvalue weighted by Crippen LogP contribution is 2.25. The minimum absolute atomic E-state index is 0.0203. The molecule has 0 radical (unpaired) electrons.